The summed E-state index contributed by atoms with van der Waals surface area (Å²) < 4.78 is 17.0. The fraction of sp³-hybridized carbons (Fsp3) is 1.00. The van der Waals surface area contributed by atoms with Crippen molar-refractivity contribution in [3.63, 3.8) is 0 Å². The Hall–Kier alpha value is -0.150. The van der Waals surface area contributed by atoms with Crippen LogP contribution in [0.2, 0.25) is 0 Å². The predicted molar refractivity (Wildman–Crippen MR) is 34.8 cm³/mol. The molecule has 0 aliphatic rings. The summed E-state index contributed by atoms with van der Waals surface area (Å²) in [6.07, 6.45) is 0.765. The van der Waals surface area contributed by atoms with Gasteiger partial charge in [-0.05, 0) is 13.3 Å². The largest absolute Gasteiger partial charge is 0.385 e. The topological polar surface area (TPSA) is 12.5 Å². The van der Waals surface area contributed by atoms with Gasteiger partial charge in [0.2, 0.25) is 0 Å². The van der Waals surface area contributed by atoms with Crippen LogP contribution in [0.5, 0.6) is 0 Å². The van der Waals surface area contributed by atoms with Gasteiger partial charge in [0.05, 0.1) is 0 Å². The molecule has 2 nitrogen and oxygen atoms in total. The summed E-state index contributed by atoms with van der Waals surface area (Å²) in [4.78, 5) is 0. The van der Waals surface area contributed by atoms with Crippen LogP contribution in [0, 0.1) is 0 Å². The number of ether oxygens (including phenoxy) is 1. The summed E-state index contributed by atoms with van der Waals surface area (Å²) in [6, 6.07) is 0. The molecule has 56 valence electrons. The number of halogens is 1. The molecular weight excluding hydrogens is 121 g/mol. The third kappa shape index (κ3) is 5.73. The lowest BCUT2D eigenvalue weighted by atomic mass is 10.4. The normalized spacial score (nSPS) is 10.7. The highest BCUT2D eigenvalue weighted by molar-refractivity contribution is 4.40. The molecule has 0 saturated heterocycles. The third-order valence-electron chi connectivity index (χ3n) is 1.09. The van der Waals surface area contributed by atoms with E-state index in [2.05, 4.69) is 0 Å². The minimum atomic E-state index is 0.462. The smallest absolute Gasteiger partial charge is 0.0475 e. The van der Waals surface area contributed by atoms with Gasteiger partial charge in [-0.1, -0.05) is 0 Å². The number of hydrogen-bond acceptors (Lipinski definition) is 2. The molecule has 0 heterocycles. The van der Waals surface area contributed by atoms with Crippen molar-refractivity contribution in [3.8, 4) is 0 Å². The standard InChI is InChI=1S/C6H14FNO/c1-3-8(7)5-4-6-9-2/h3-6H2,1-2H3. The van der Waals surface area contributed by atoms with Gasteiger partial charge < -0.3 is 4.74 Å². The van der Waals surface area contributed by atoms with E-state index in [1.165, 1.54) is 0 Å². The average molecular weight is 135 g/mol. The Morgan fingerprint density at radius 3 is 2.67 bits per heavy atom. The lowest BCUT2D eigenvalue weighted by Crippen LogP contribution is -2.15. The first-order chi connectivity index (χ1) is 4.31. The molecule has 0 aliphatic heterocycles. The minimum Gasteiger partial charge on any atom is -0.385 e. The van der Waals surface area contributed by atoms with E-state index >= 15 is 0 Å². The molecule has 0 rings (SSSR count). The van der Waals surface area contributed by atoms with Gasteiger partial charge in [-0.25, -0.2) is 0 Å². The summed E-state index contributed by atoms with van der Waals surface area (Å²) in [7, 11) is 1.62. The number of methoxy groups -OCH3 is 1. The zero-order valence-corrected chi connectivity index (χ0v) is 6.06. The third-order valence-corrected chi connectivity index (χ3v) is 1.09. The van der Waals surface area contributed by atoms with Crippen LogP contribution >= 0.6 is 0 Å². The van der Waals surface area contributed by atoms with Gasteiger partial charge in [-0.2, -0.15) is 0 Å². The van der Waals surface area contributed by atoms with Crippen molar-refractivity contribution in [1.82, 2.24) is 5.12 Å². The molecule has 0 spiro atoms. The molecule has 0 aromatic heterocycles. The van der Waals surface area contributed by atoms with Crippen molar-refractivity contribution in [2.24, 2.45) is 0 Å². The zero-order chi connectivity index (χ0) is 7.11. The quantitative estimate of drug-likeness (QED) is 0.415. The van der Waals surface area contributed by atoms with Crippen molar-refractivity contribution in [2.45, 2.75) is 13.3 Å². The minimum absolute atomic E-state index is 0.462. The van der Waals surface area contributed by atoms with Crippen LogP contribution in [0.15, 0.2) is 0 Å². The molecular formula is C6H14FNO. The van der Waals surface area contributed by atoms with Gasteiger partial charge in [0.1, 0.15) is 0 Å². The van der Waals surface area contributed by atoms with E-state index in [9.17, 15) is 4.48 Å². The van der Waals surface area contributed by atoms with E-state index in [1.807, 2.05) is 0 Å². The Morgan fingerprint density at radius 1 is 1.56 bits per heavy atom. The Morgan fingerprint density at radius 2 is 2.22 bits per heavy atom. The maximum Gasteiger partial charge on any atom is 0.0475 e. The Bertz CT molecular complexity index is 61.0. The zero-order valence-electron chi connectivity index (χ0n) is 6.06. The molecule has 0 saturated carbocycles. The molecule has 3 heteroatoms. The number of rotatable bonds is 5. The summed E-state index contributed by atoms with van der Waals surface area (Å²) in [5, 5.41) is 0.777. The molecule has 0 aliphatic carbocycles. The van der Waals surface area contributed by atoms with Crippen LogP contribution in [0.4, 0.5) is 4.48 Å². The number of nitrogens with zero attached hydrogens (tertiary/aromatic N) is 1. The summed E-state index contributed by atoms with van der Waals surface area (Å²) in [5.74, 6) is 0. The van der Waals surface area contributed by atoms with E-state index in [0.29, 0.717) is 19.7 Å². The Balaban J connectivity index is 2.88. The molecule has 0 unspecified atom stereocenters. The SMILES string of the molecule is CCN(F)CCCOC. The lowest BCUT2D eigenvalue weighted by Gasteiger charge is -2.06. The van der Waals surface area contributed by atoms with E-state index in [4.69, 9.17) is 4.74 Å². The molecule has 0 fully saturated rings. The maximum atomic E-state index is 12.2. The van der Waals surface area contributed by atoms with Crippen molar-refractivity contribution < 1.29 is 9.22 Å². The Labute approximate surface area is 55.5 Å². The Kier molecular flexibility index (Phi) is 5.88. The number of hydrogen-bond donors (Lipinski definition) is 0. The summed E-state index contributed by atoms with van der Waals surface area (Å²) >= 11 is 0. The molecule has 0 N–H and O–H groups in total. The molecule has 0 atom stereocenters. The first-order valence-electron chi connectivity index (χ1n) is 3.21. The van der Waals surface area contributed by atoms with E-state index in [1.54, 1.807) is 14.0 Å². The highest BCUT2D eigenvalue weighted by Gasteiger charge is 1.95. The lowest BCUT2D eigenvalue weighted by molar-refractivity contribution is 0.0231. The van der Waals surface area contributed by atoms with Gasteiger partial charge in [-0.3, -0.25) is 0 Å². The van der Waals surface area contributed by atoms with Gasteiger partial charge in [0, 0.05) is 26.8 Å². The van der Waals surface area contributed by atoms with Crippen molar-refractivity contribution >= 4 is 0 Å². The fourth-order valence-electron chi connectivity index (χ4n) is 0.539. The van der Waals surface area contributed by atoms with Crippen LogP contribution in [-0.4, -0.2) is 31.9 Å². The van der Waals surface area contributed by atoms with Gasteiger partial charge in [-0.15, -0.1) is 9.60 Å². The second-order valence-electron chi connectivity index (χ2n) is 1.85. The van der Waals surface area contributed by atoms with Gasteiger partial charge in [0.15, 0.2) is 0 Å². The second-order valence-corrected chi connectivity index (χ2v) is 1.85. The van der Waals surface area contributed by atoms with Crippen molar-refractivity contribution in [2.75, 3.05) is 26.8 Å². The maximum absolute atomic E-state index is 12.2. The second kappa shape index (κ2) is 5.98. The highest BCUT2D eigenvalue weighted by Crippen LogP contribution is 1.90. The molecule has 0 bridgehead atoms. The van der Waals surface area contributed by atoms with Gasteiger partial charge >= 0.3 is 0 Å². The molecule has 0 aromatic rings. The van der Waals surface area contributed by atoms with Gasteiger partial charge in [0.25, 0.3) is 0 Å². The van der Waals surface area contributed by atoms with E-state index < -0.39 is 0 Å². The van der Waals surface area contributed by atoms with E-state index in [-0.39, 0.29) is 0 Å². The monoisotopic (exact) mass is 135 g/mol. The van der Waals surface area contributed by atoms with Crippen molar-refractivity contribution in [3.05, 3.63) is 0 Å². The first kappa shape index (κ1) is 8.85. The van der Waals surface area contributed by atoms with Crippen molar-refractivity contribution in [1.29, 1.82) is 0 Å². The fourth-order valence-corrected chi connectivity index (χ4v) is 0.539. The van der Waals surface area contributed by atoms with Crippen LogP contribution in [0.25, 0.3) is 0 Å². The van der Waals surface area contributed by atoms with Crippen LogP contribution in [0.1, 0.15) is 13.3 Å². The first-order valence-corrected chi connectivity index (χ1v) is 3.21. The predicted octanol–water partition coefficient (Wildman–Crippen LogP) is 1.23. The summed E-state index contributed by atoms with van der Waals surface area (Å²) in [5.41, 5.74) is 0. The molecule has 0 radical (unpaired) electrons. The molecule has 9 heavy (non-hydrogen) atoms. The molecule has 0 amide bonds. The summed E-state index contributed by atoms with van der Waals surface area (Å²) in [6.45, 7) is 3.36. The average Bonchev–Trinajstić information content (AvgIpc) is 1.89. The molecule has 0 aromatic carbocycles. The van der Waals surface area contributed by atoms with E-state index in [0.717, 1.165) is 11.5 Å². The van der Waals surface area contributed by atoms with Crippen LogP contribution in [-0.2, 0) is 4.74 Å². The van der Waals surface area contributed by atoms with Crippen LogP contribution in [0.3, 0.4) is 0 Å². The van der Waals surface area contributed by atoms with Crippen LogP contribution < -0.4 is 0 Å². The highest BCUT2D eigenvalue weighted by atomic mass is 19.2.